The molecule has 2 rings (SSSR count). The molecule has 0 heterocycles. The van der Waals surface area contributed by atoms with Gasteiger partial charge in [0.05, 0.1) is 12.1 Å². The van der Waals surface area contributed by atoms with Gasteiger partial charge >= 0.3 is 6.03 Å². The van der Waals surface area contributed by atoms with E-state index in [-0.39, 0.29) is 12.1 Å². The SMILES string of the molecule is CN(C)c1ccc(CCNC(=O)NC2CCCCC2O)cc1. The highest BCUT2D eigenvalue weighted by atomic mass is 16.3. The lowest BCUT2D eigenvalue weighted by atomic mass is 9.93. The van der Waals surface area contributed by atoms with Crippen molar-refractivity contribution in [3.05, 3.63) is 29.8 Å². The zero-order chi connectivity index (χ0) is 15.9. The van der Waals surface area contributed by atoms with Crippen LogP contribution >= 0.6 is 0 Å². The van der Waals surface area contributed by atoms with Gasteiger partial charge in [0, 0.05) is 26.3 Å². The molecule has 0 spiro atoms. The summed E-state index contributed by atoms with van der Waals surface area (Å²) >= 11 is 0. The Morgan fingerprint density at radius 2 is 1.91 bits per heavy atom. The summed E-state index contributed by atoms with van der Waals surface area (Å²) in [5, 5.41) is 15.6. The van der Waals surface area contributed by atoms with Crippen LogP contribution in [0.25, 0.3) is 0 Å². The van der Waals surface area contributed by atoms with Crippen LogP contribution in [0.2, 0.25) is 0 Å². The molecular formula is C17H27N3O2. The summed E-state index contributed by atoms with van der Waals surface area (Å²) in [6, 6.07) is 8.03. The molecule has 0 aliphatic heterocycles. The highest BCUT2D eigenvalue weighted by Crippen LogP contribution is 2.18. The summed E-state index contributed by atoms with van der Waals surface area (Å²) in [5.41, 5.74) is 2.37. The number of nitrogens with one attached hydrogen (secondary N) is 2. The molecule has 1 aromatic carbocycles. The van der Waals surface area contributed by atoms with Crippen molar-refractivity contribution < 1.29 is 9.90 Å². The summed E-state index contributed by atoms with van der Waals surface area (Å²) in [7, 11) is 4.03. The van der Waals surface area contributed by atoms with Gasteiger partial charge in [-0.25, -0.2) is 4.79 Å². The van der Waals surface area contributed by atoms with Gasteiger partial charge in [0.25, 0.3) is 0 Å². The zero-order valence-electron chi connectivity index (χ0n) is 13.5. The van der Waals surface area contributed by atoms with Crippen LogP contribution in [0.15, 0.2) is 24.3 Å². The molecule has 0 saturated heterocycles. The summed E-state index contributed by atoms with van der Waals surface area (Å²) in [4.78, 5) is 13.9. The van der Waals surface area contributed by atoms with Gasteiger partial charge in [-0.1, -0.05) is 25.0 Å². The average molecular weight is 305 g/mol. The third kappa shape index (κ3) is 4.91. The number of rotatable bonds is 5. The second-order valence-corrected chi connectivity index (χ2v) is 6.17. The molecule has 0 bridgehead atoms. The molecule has 5 heteroatoms. The minimum absolute atomic E-state index is 0.104. The van der Waals surface area contributed by atoms with Gasteiger partial charge in [0.15, 0.2) is 0 Å². The fourth-order valence-electron chi connectivity index (χ4n) is 2.78. The Kier molecular flexibility index (Phi) is 6.07. The van der Waals surface area contributed by atoms with Crippen LogP contribution in [0.4, 0.5) is 10.5 Å². The van der Waals surface area contributed by atoms with Crippen molar-refractivity contribution in [2.75, 3.05) is 25.5 Å². The fourth-order valence-corrected chi connectivity index (χ4v) is 2.78. The Bertz CT molecular complexity index is 473. The number of aliphatic hydroxyl groups excluding tert-OH is 1. The Balaban J connectivity index is 1.70. The van der Waals surface area contributed by atoms with Gasteiger partial charge in [-0.2, -0.15) is 0 Å². The summed E-state index contributed by atoms with van der Waals surface area (Å²) in [5.74, 6) is 0. The zero-order valence-corrected chi connectivity index (χ0v) is 13.5. The lowest BCUT2D eigenvalue weighted by Gasteiger charge is -2.28. The van der Waals surface area contributed by atoms with Crippen LogP contribution in [0.1, 0.15) is 31.2 Å². The number of benzene rings is 1. The Hall–Kier alpha value is -1.75. The van der Waals surface area contributed by atoms with Crippen molar-refractivity contribution in [3.8, 4) is 0 Å². The monoisotopic (exact) mass is 305 g/mol. The molecule has 122 valence electrons. The Morgan fingerprint density at radius 3 is 2.55 bits per heavy atom. The number of nitrogens with zero attached hydrogens (tertiary/aromatic N) is 1. The predicted octanol–water partition coefficient (Wildman–Crippen LogP) is 1.90. The van der Waals surface area contributed by atoms with Crippen LogP contribution in [-0.2, 0) is 6.42 Å². The van der Waals surface area contributed by atoms with Gasteiger partial charge in [0.1, 0.15) is 0 Å². The van der Waals surface area contributed by atoms with Crippen LogP contribution in [-0.4, -0.2) is 43.9 Å². The van der Waals surface area contributed by atoms with E-state index >= 15 is 0 Å². The molecule has 0 radical (unpaired) electrons. The van der Waals surface area contributed by atoms with Crippen molar-refractivity contribution in [3.63, 3.8) is 0 Å². The minimum atomic E-state index is -0.405. The van der Waals surface area contributed by atoms with E-state index in [1.165, 1.54) is 11.3 Å². The topological polar surface area (TPSA) is 64.6 Å². The molecular weight excluding hydrogens is 278 g/mol. The summed E-state index contributed by atoms with van der Waals surface area (Å²) in [6.07, 6.45) is 4.15. The van der Waals surface area contributed by atoms with Crippen molar-refractivity contribution in [1.82, 2.24) is 10.6 Å². The third-order valence-electron chi connectivity index (χ3n) is 4.20. The second kappa shape index (κ2) is 8.03. The molecule has 0 aromatic heterocycles. The van der Waals surface area contributed by atoms with Crippen LogP contribution in [0, 0.1) is 0 Å². The molecule has 5 nitrogen and oxygen atoms in total. The van der Waals surface area contributed by atoms with Crippen molar-refractivity contribution in [2.24, 2.45) is 0 Å². The van der Waals surface area contributed by atoms with Gasteiger partial charge in [-0.15, -0.1) is 0 Å². The molecule has 2 atom stereocenters. The van der Waals surface area contributed by atoms with E-state index in [0.717, 1.165) is 32.1 Å². The number of anilines is 1. The van der Waals surface area contributed by atoms with Crippen molar-refractivity contribution in [1.29, 1.82) is 0 Å². The maximum atomic E-state index is 11.9. The van der Waals surface area contributed by atoms with Crippen LogP contribution < -0.4 is 15.5 Å². The summed E-state index contributed by atoms with van der Waals surface area (Å²) in [6.45, 7) is 0.593. The first kappa shape index (κ1) is 16.6. The van der Waals surface area contributed by atoms with Crippen LogP contribution in [0.5, 0.6) is 0 Å². The first-order chi connectivity index (χ1) is 10.6. The first-order valence-corrected chi connectivity index (χ1v) is 8.05. The smallest absolute Gasteiger partial charge is 0.315 e. The van der Waals surface area contributed by atoms with E-state index in [9.17, 15) is 9.90 Å². The highest BCUT2D eigenvalue weighted by molar-refractivity contribution is 5.74. The van der Waals surface area contributed by atoms with Gasteiger partial charge in [-0.3, -0.25) is 0 Å². The number of amides is 2. The molecule has 1 fully saturated rings. The third-order valence-corrected chi connectivity index (χ3v) is 4.20. The van der Waals surface area contributed by atoms with Crippen molar-refractivity contribution in [2.45, 2.75) is 44.2 Å². The maximum absolute atomic E-state index is 11.9. The number of hydrogen-bond donors (Lipinski definition) is 3. The molecule has 3 N–H and O–H groups in total. The van der Waals surface area contributed by atoms with E-state index in [2.05, 4.69) is 39.8 Å². The average Bonchev–Trinajstić information content (AvgIpc) is 2.50. The molecule has 2 unspecified atom stereocenters. The minimum Gasteiger partial charge on any atom is -0.391 e. The molecule has 22 heavy (non-hydrogen) atoms. The summed E-state index contributed by atoms with van der Waals surface area (Å²) < 4.78 is 0. The van der Waals surface area contributed by atoms with E-state index in [4.69, 9.17) is 0 Å². The van der Waals surface area contributed by atoms with E-state index in [0.29, 0.717) is 6.54 Å². The van der Waals surface area contributed by atoms with E-state index in [1.54, 1.807) is 0 Å². The standard InChI is InChI=1S/C17H27N3O2/c1-20(2)14-9-7-13(8-10-14)11-12-18-17(22)19-15-5-3-4-6-16(15)21/h7-10,15-16,21H,3-6,11-12H2,1-2H3,(H2,18,19,22). The van der Waals surface area contributed by atoms with Crippen LogP contribution in [0.3, 0.4) is 0 Å². The number of carbonyl (C=O) groups is 1. The van der Waals surface area contributed by atoms with Gasteiger partial charge in [-0.05, 0) is 37.0 Å². The second-order valence-electron chi connectivity index (χ2n) is 6.17. The highest BCUT2D eigenvalue weighted by Gasteiger charge is 2.24. The number of aliphatic hydroxyl groups is 1. The fraction of sp³-hybridized carbons (Fsp3) is 0.588. The Labute approximate surface area is 132 Å². The van der Waals surface area contributed by atoms with Crippen molar-refractivity contribution >= 4 is 11.7 Å². The number of urea groups is 1. The number of carbonyl (C=O) groups excluding carboxylic acids is 1. The van der Waals surface area contributed by atoms with Gasteiger partial charge in [0.2, 0.25) is 0 Å². The maximum Gasteiger partial charge on any atom is 0.315 e. The molecule has 1 aliphatic carbocycles. The largest absolute Gasteiger partial charge is 0.391 e. The van der Waals surface area contributed by atoms with E-state index in [1.807, 2.05) is 14.1 Å². The molecule has 1 saturated carbocycles. The van der Waals surface area contributed by atoms with Gasteiger partial charge < -0.3 is 20.6 Å². The molecule has 2 amide bonds. The lowest BCUT2D eigenvalue weighted by molar-refractivity contribution is 0.0943. The molecule has 1 aliphatic rings. The lowest BCUT2D eigenvalue weighted by Crippen LogP contribution is -2.49. The molecule has 1 aromatic rings. The first-order valence-electron chi connectivity index (χ1n) is 8.05. The predicted molar refractivity (Wildman–Crippen MR) is 89.3 cm³/mol. The quantitative estimate of drug-likeness (QED) is 0.778. The Morgan fingerprint density at radius 1 is 1.23 bits per heavy atom. The number of hydrogen-bond acceptors (Lipinski definition) is 3. The van der Waals surface area contributed by atoms with E-state index < -0.39 is 6.10 Å². The normalized spacial score (nSPS) is 21.2.